The Kier molecular flexibility index (Phi) is 2.26. The lowest BCUT2D eigenvalue weighted by molar-refractivity contribution is 0.628. The summed E-state index contributed by atoms with van der Waals surface area (Å²) >= 11 is 0. The quantitative estimate of drug-likeness (QED) is 0.508. The average molecular weight is 151 g/mol. The number of hydrogen-bond donors (Lipinski definition) is 1. The van der Waals surface area contributed by atoms with Crippen LogP contribution >= 0.6 is 0 Å². The Morgan fingerprint density at radius 2 is 2.27 bits per heavy atom. The second-order valence-corrected chi connectivity index (χ2v) is 2.34. The van der Waals surface area contributed by atoms with Crippen LogP contribution in [0, 0.1) is 5.82 Å². The first-order chi connectivity index (χ1) is 5.24. The number of benzene rings is 1. The first-order valence-electron chi connectivity index (χ1n) is 3.39. The molecule has 1 aromatic rings. The van der Waals surface area contributed by atoms with Crippen molar-refractivity contribution >= 4 is 5.69 Å². The number of anilines is 1. The van der Waals surface area contributed by atoms with Gasteiger partial charge >= 0.3 is 0 Å². The van der Waals surface area contributed by atoms with Crippen molar-refractivity contribution in [3.8, 4) is 0 Å². The minimum absolute atomic E-state index is 0.296. The zero-order valence-electron chi connectivity index (χ0n) is 6.18. The van der Waals surface area contributed by atoms with Gasteiger partial charge in [0.05, 0.1) is 0 Å². The van der Waals surface area contributed by atoms with Crippen LogP contribution in [-0.4, -0.2) is 0 Å². The van der Waals surface area contributed by atoms with Crippen molar-refractivity contribution in [1.29, 1.82) is 0 Å². The van der Waals surface area contributed by atoms with Crippen molar-refractivity contribution in [2.24, 2.45) is 0 Å². The van der Waals surface area contributed by atoms with Crippen molar-refractivity contribution in [2.45, 2.75) is 6.42 Å². The molecule has 1 rings (SSSR count). The number of allylic oxidation sites excluding steroid dienone is 1. The number of nitrogen functional groups attached to an aromatic ring is 1. The van der Waals surface area contributed by atoms with Crippen LogP contribution in [-0.2, 0) is 6.42 Å². The van der Waals surface area contributed by atoms with Gasteiger partial charge in [0.25, 0.3) is 0 Å². The van der Waals surface area contributed by atoms with Gasteiger partial charge in [-0.05, 0) is 24.1 Å². The predicted molar refractivity (Wildman–Crippen MR) is 44.7 cm³/mol. The van der Waals surface area contributed by atoms with Crippen molar-refractivity contribution < 1.29 is 4.39 Å². The van der Waals surface area contributed by atoms with E-state index in [0.717, 1.165) is 5.56 Å². The van der Waals surface area contributed by atoms with E-state index in [1.54, 1.807) is 12.1 Å². The van der Waals surface area contributed by atoms with E-state index in [-0.39, 0.29) is 5.82 Å². The second-order valence-electron chi connectivity index (χ2n) is 2.34. The minimum Gasteiger partial charge on any atom is -0.398 e. The van der Waals surface area contributed by atoms with Crippen LogP contribution in [0.3, 0.4) is 0 Å². The predicted octanol–water partition coefficient (Wildman–Crippen LogP) is 2.14. The van der Waals surface area contributed by atoms with Gasteiger partial charge in [0.15, 0.2) is 0 Å². The Hall–Kier alpha value is -1.31. The summed E-state index contributed by atoms with van der Waals surface area (Å²) < 4.78 is 12.5. The van der Waals surface area contributed by atoms with E-state index in [1.165, 1.54) is 12.1 Å². The fourth-order valence-corrected chi connectivity index (χ4v) is 0.907. The molecule has 0 saturated heterocycles. The zero-order chi connectivity index (χ0) is 8.27. The molecule has 11 heavy (non-hydrogen) atoms. The van der Waals surface area contributed by atoms with Crippen LogP contribution in [0.1, 0.15) is 5.56 Å². The molecular formula is C9H10FN. The van der Waals surface area contributed by atoms with Crippen molar-refractivity contribution in [3.63, 3.8) is 0 Å². The summed E-state index contributed by atoms with van der Waals surface area (Å²) in [4.78, 5) is 0. The van der Waals surface area contributed by atoms with Gasteiger partial charge in [0.2, 0.25) is 0 Å². The molecule has 0 aliphatic rings. The Balaban J connectivity index is 2.98. The van der Waals surface area contributed by atoms with Crippen LogP contribution in [0.2, 0.25) is 0 Å². The van der Waals surface area contributed by atoms with Gasteiger partial charge in [-0.1, -0.05) is 12.1 Å². The summed E-state index contributed by atoms with van der Waals surface area (Å²) in [6, 6.07) is 4.39. The fraction of sp³-hybridized carbons (Fsp3) is 0.111. The SMILES string of the molecule is C=CCc1ccc(F)cc1N. The van der Waals surface area contributed by atoms with E-state index in [0.29, 0.717) is 12.1 Å². The van der Waals surface area contributed by atoms with Crippen molar-refractivity contribution in [1.82, 2.24) is 0 Å². The molecule has 0 fully saturated rings. The van der Waals surface area contributed by atoms with Gasteiger partial charge < -0.3 is 5.73 Å². The maximum atomic E-state index is 12.5. The van der Waals surface area contributed by atoms with Gasteiger partial charge in [-0.25, -0.2) is 4.39 Å². The zero-order valence-corrected chi connectivity index (χ0v) is 6.18. The fourth-order valence-electron chi connectivity index (χ4n) is 0.907. The molecule has 58 valence electrons. The summed E-state index contributed by atoms with van der Waals surface area (Å²) in [6.45, 7) is 3.57. The smallest absolute Gasteiger partial charge is 0.125 e. The van der Waals surface area contributed by atoms with Gasteiger partial charge in [-0.3, -0.25) is 0 Å². The van der Waals surface area contributed by atoms with E-state index in [2.05, 4.69) is 6.58 Å². The Labute approximate surface area is 65.3 Å². The molecule has 0 saturated carbocycles. The molecule has 0 amide bonds. The molecule has 0 aliphatic carbocycles. The monoisotopic (exact) mass is 151 g/mol. The van der Waals surface area contributed by atoms with Crippen LogP contribution < -0.4 is 5.73 Å². The average Bonchev–Trinajstić information content (AvgIpc) is 1.95. The van der Waals surface area contributed by atoms with Gasteiger partial charge in [0.1, 0.15) is 5.82 Å². The summed E-state index contributed by atoms with van der Waals surface area (Å²) in [5.41, 5.74) is 6.93. The van der Waals surface area contributed by atoms with Crippen LogP contribution in [0.25, 0.3) is 0 Å². The molecule has 0 bridgehead atoms. The first kappa shape index (κ1) is 7.79. The largest absolute Gasteiger partial charge is 0.398 e. The summed E-state index contributed by atoms with van der Waals surface area (Å²) in [5.74, 6) is -0.296. The second kappa shape index (κ2) is 3.19. The normalized spacial score (nSPS) is 9.55. The number of halogens is 1. The molecule has 0 aromatic heterocycles. The van der Waals surface area contributed by atoms with Gasteiger partial charge in [-0.15, -0.1) is 6.58 Å². The third-order valence-corrected chi connectivity index (χ3v) is 1.47. The molecule has 0 aliphatic heterocycles. The molecule has 0 atom stereocenters. The van der Waals surface area contributed by atoms with Crippen LogP contribution in [0.4, 0.5) is 10.1 Å². The third kappa shape index (κ3) is 1.80. The molecular weight excluding hydrogens is 141 g/mol. The lowest BCUT2D eigenvalue weighted by Gasteiger charge is -2.00. The van der Waals surface area contributed by atoms with Gasteiger partial charge in [0, 0.05) is 5.69 Å². The molecule has 0 spiro atoms. The van der Waals surface area contributed by atoms with Crippen LogP contribution in [0.15, 0.2) is 30.9 Å². The maximum Gasteiger partial charge on any atom is 0.125 e. The molecule has 2 N–H and O–H groups in total. The van der Waals surface area contributed by atoms with E-state index in [1.807, 2.05) is 0 Å². The van der Waals surface area contributed by atoms with E-state index >= 15 is 0 Å². The summed E-state index contributed by atoms with van der Waals surface area (Å²) in [7, 11) is 0. The number of nitrogens with two attached hydrogens (primary N) is 1. The van der Waals surface area contributed by atoms with Crippen molar-refractivity contribution in [3.05, 3.63) is 42.2 Å². The van der Waals surface area contributed by atoms with E-state index < -0.39 is 0 Å². The summed E-state index contributed by atoms with van der Waals surface area (Å²) in [6.07, 6.45) is 2.43. The molecule has 1 nitrogen and oxygen atoms in total. The molecule has 0 radical (unpaired) electrons. The Morgan fingerprint density at radius 1 is 1.55 bits per heavy atom. The Bertz CT molecular complexity index is 268. The van der Waals surface area contributed by atoms with Crippen molar-refractivity contribution in [2.75, 3.05) is 5.73 Å². The van der Waals surface area contributed by atoms with Crippen LogP contribution in [0.5, 0.6) is 0 Å². The number of hydrogen-bond acceptors (Lipinski definition) is 1. The highest BCUT2D eigenvalue weighted by Gasteiger charge is 1.97. The maximum absolute atomic E-state index is 12.5. The molecule has 0 unspecified atom stereocenters. The molecule has 0 heterocycles. The Morgan fingerprint density at radius 3 is 2.82 bits per heavy atom. The lowest BCUT2D eigenvalue weighted by atomic mass is 10.1. The molecule has 2 heteroatoms. The molecule has 1 aromatic carbocycles. The minimum atomic E-state index is -0.296. The third-order valence-electron chi connectivity index (χ3n) is 1.47. The first-order valence-corrected chi connectivity index (χ1v) is 3.39. The highest BCUT2D eigenvalue weighted by atomic mass is 19.1. The standard InChI is InChI=1S/C9H10FN/c1-2-3-7-4-5-8(10)6-9(7)11/h2,4-6H,1,3,11H2. The highest BCUT2D eigenvalue weighted by Crippen LogP contribution is 2.13. The topological polar surface area (TPSA) is 26.0 Å². The number of rotatable bonds is 2. The summed E-state index contributed by atoms with van der Waals surface area (Å²) in [5, 5.41) is 0. The lowest BCUT2D eigenvalue weighted by Crippen LogP contribution is -1.93. The van der Waals surface area contributed by atoms with E-state index in [9.17, 15) is 4.39 Å². The van der Waals surface area contributed by atoms with Gasteiger partial charge in [-0.2, -0.15) is 0 Å². The highest BCUT2D eigenvalue weighted by molar-refractivity contribution is 5.47. The van der Waals surface area contributed by atoms with E-state index in [4.69, 9.17) is 5.73 Å².